The van der Waals surface area contributed by atoms with Crippen LogP contribution in [0.15, 0.2) is 0 Å². The maximum atomic E-state index is 2.34. The zero-order valence-corrected chi connectivity index (χ0v) is 12.9. The molecule has 1 aliphatic rings. The van der Waals surface area contributed by atoms with Gasteiger partial charge in [-0.25, -0.2) is 0 Å². The van der Waals surface area contributed by atoms with Crippen molar-refractivity contribution in [3.8, 4) is 0 Å². The Labute approximate surface area is 95.9 Å². The lowest BCUT2D eigenvalue weighted by Gasteiger charge is -2.24. The van der Waals surface area contributed by atoms with E-state index >= 15 is 0 Å². The Morgan fingerprint density at radius 1 is 0.786 bits per heavy atom. The van der Waals surface area contributed by atoms with Gasteiger partial charge in [-0.1, -0.05) is 67.2 Å². The SMILES string of the molecule is CC.CC.CCC1(CC)CCCC1.P. The fourth-order valence-electron chi connectivity index (χ4n) is 2.08. The largest absolute Gasteiger partial charge is 0.153 e. The average molecular weight is 220 g/mol. The second-order valence-corrected chi connectivity index (χ2v) is 3.41. The molecule has 1 heteroatoms. The molecule has 1 fully saturated rings. The van der Waals surface area contributed by atoms with Gasteiger partial charge >= 0.3 is 0 Å². The number of rotatable bonds is 2. The average Bonchev–Trinajstić information content (AvgIpc) is 2.73. The molecule has 0 aliphatic heterocycles. The summed E-state index contributed by atoms with van der Waals surface area (Å²) in [5.41, 5.74) is 0.778. The lowest BCUT2D eigenvalue weighted by molar-refractivity contribution is 0.273. The maximum Gasteiger partial charge on any atom is -0.0303 e. The molecule has 1 aliphatic carbocycles. The minimum Gasteiger partial charge on any atom is -0.153 e. The molecule has 0 spiro atoms. The first-order valence-corrected chi connectivity index (χ1v) is 6.33. The number of hydrogen-bond donors (Lipinski definition) is 0. The van der Waals surface area contributed by atoms with Crippen LogP contribution in [-0.2, 0) is 0 Å². The Bertz CT molecular complexity index is 77.2. The molecule has 90 valence electrons. The Hall–Kier alpha value is 0.430. The molecule has 1 atom stereocenters. The lowest BCUT2D eigenvalue weighted by Crippen LogP contribution is -2.12. The molecule has 0 heterocycles. The summed E-state index contributed by atoms with van der Waals surface area (Å²) in [6.45, 7) is 12.7. The van der Waals surface area contributed by atoms with E-state index < -0.39 is 0 Å². The van der Waals surface area contributed by atoms with Gasteiger partial charge in [0.05, 0.1) is 0 Å². The van der Waals surface area contributed by atoms with E-state index in [-0.39, 0.29) is 9.90 Å². The van der Waals surface area contributed by atoms with Crippen molar-refractivity contribution < 1.29 is 0 Å². The highest BCUT2D eigenvalue weighted by molar-refractivity contribution is 6.92. The molecule has 0 bridgehead atoms. The summed E-state index contributed by atoms with van der Waals surface area (Å²) in [4.78, 5) is 0. The van der Waals surface area contributed by atoms with Gasteiger partial charge in [0, 0.05) is 0 Å². The van der Waals surface area contributed by atoms with Gasteiger partial charge in [-0.3, -0.25) is 0 Å². The monoisotopic (exact) mass is 220 g/mol. The summed E-state index contributed by atoms with van der Waals surface area (Å²) in [7, 11) is 0. The van der Waals surface area contributed by atoms with Gasteiger partial charge in [0.15, 0.2) is 0 Å². The second-order valence-electron chi connectivity index (χ2n) is 3.41. The van der Waals surface area contributed by atoms with E-state index in [1.807, 2.05) is 27.7 Å². The van der Waals surface area contributed by atoms with Crippen molar-refractivity contribution in [3.05, 3.63) is 0 Å². The summed E-state index contributed by atoms with van der Waals surface area (Å²) in [6.07, 6.45) is 8.79. The van der Waals surface area contributed by atoms with Crippen molar-refractivity contribution in [1.82, 2.24) is 0 Å². The Morgan fingerprint density at radius 3 is 1.21 bits per heavy atom. The standard InChI is InChI=1S/C9H18.2C2H6.H3P/c1-3-9(4-2)7-5-6-8-9;2*1-2;/h3-8H2,1-2H3;2*1-2H3;1H3. The first kappa shape index (κ1) is 19.9. The number of hydrogen-bond acceptors (Lipinski definition) is 0. The second kappa shape index (κ2) is 13.4. The van der Waals surface area contributed by atoms with Gasteiger partial charge in [0.1, 0.15) is 0 Å². The van der Waals surface area contributed by atoms with Crippen LogP contribution >= 0.6 is 9.90 Å². The predicted octanol–water partition coefficient (Wildman–Crippen LogP) is 5.48. The Morgan fingerprint density at radius 2 is 1.07 bits per heavy atom. The molecule has 0 saturated heterocycles. The van der Waals surface area contributed by atoms with Gasteiger partial charge in [0.25, 0.3) is 0 Å². The molecule has 0 aromatic heterocycles. The molecule has 0 N–H and O–H groups in total. The zero-order chi connectivity index (χ0) is 10.7. The van der Waals surface area contributed by atoms with Crippen molar-refractivity contribution in [1.29, 1.82) is 0 Å². The van der Waals surface area contributed by atoms with Crippen LogP contribution in [0.4, 0.5) is 0 Å². The quantitative estimate of drug-likeness (QED) is 0.541. The van der Waals surface area contributed by atoms with Crippen molar-refractivity contribution in [2.24, 2.45) is 5.41 Å². The normalized spacial score (nSPS) is 16.7. The molecule has 0 aromatic rings. The molecule has 0 aromatic carbocycles. The van der Waals surface area contributed by atoms with Crippen molar-refractivity contribution in [2.45, 2.75) is 80.1 Å². The fraction of sp³-hybridized carbons (Fsp3) is 1.00. The third-order valence-corrected chi connectivity index (χ3v) is 3.16. The summed E-state index contributed by atoms with van der Waals surface area (Å²) < 4.78 is 0. The lowest BCUT2D eigenvalue weighted by atomic mass is 9.81. The van der Waals surface area contributed by atoms with Crippen LogP contribution < -0.4 is 0 Å². The summed E-state index contributed by atoms with van der Waals surface area (Å²) in [5.74, 6) is 0. The maximum absolute atomic E-state index is 2.34. The van der Waals surface area contributed by atoms with E-state index in [1.54, 1.807) is 0 Å². The molecule has 0 radical (unpaired) electrons. The van der Waals surface area contributed by atoms with Crippen LogP contribution in [-0.4, -0.2) is 0 Å². The van der Waals surface area contributed by atoms with Crippen LogP contribution in [0.2, 0.25) is 0 Å². The van der Waals surface area contributed by atoms with Crippen LogP contribution in [0.5, 0.6) is 0 Å². The van der Waals surface area contributed by atoms with Gasteiger partial charge in [-0.2, -0.15) is 9.90 Å². The Balaban J connectivity index is -0.000000216. The first-order valence-electron chi connectivity index (χ1n) is 6.33. The molecule has 1 saturated carbocycles. The highest BCUT2D eigenvalue weighted by Crippen LogP contribution is 2.43. The molecule has 1 rings (SSSR count). The van der Waals surface area contributed by atoms with Crippen molar-refractivity contribution >= 4 is 9.90 Å². The van der Waals surface area contributed by atoms with Crippen LogP contribution in [0.1, 0.15) is 80.1 Å². The van der Waals surface area contributed by atoms with E-state index in [1.165, 1.54) is 38.5 Å². The van der Waals surface area contributed by atoms with E-state index in [2.05, 4.69) is 13.8 Å². The van der Waals surface area contributed by atoms with Gasteiger partial charge in [0.2, 0.25) is 0 Å². The van der Waals surface area contributed by atoms with E-state index in [4.69, 9.17) is 0 Å². The minimum absolute atomic E-state index is 0. The highest BCUT2D eigenvalue weighted by atomic mass is 31.0. The minimum atomic E-state index is 0. The summed E-state index contributed by atoms with van der Waals surface area (Å²) in [5, 5.41) is 0. The van der Waals surface area contributed by atoms with E-state index in [0.717, 1.165) is 5.41 Å². The smallest absolute Gasteiger partial charge is 0.0303 e. The third kappa shape index (κ3) is 6.82. The van der Waals surface area contributed by atoms with E-state index in [9.17, 15) is 0 Å². The van der Waals surface area contributed by atoms with Crippen molar-refractivity contribution in [3.63, 3.8) is 0 Å². The predicted molar refractivity (Wildman–Crippen MR) is 75.3 cm³/mol. The zero-order valence-electron chi connectivity index (χ0n) is 11.4. The van der Waals surface area contributed by atoms with Gasteiger partial charge in [-0.05, 0) is 18.3 Å². The molecular weight excluding hydrogens is 187 g/mol. The Kier molecular flexibility index (Phi) is 19.1. The topological polar surface area (TPSA) is 0 Å². The fourth-order valence-corrected chi connectivity index (χ4v) is 2.08. The summed E-state index contributed by atoms with van der Waals surface area (Å²) in [6, 6.07) is 0. The van der Waals surface area contributed by atoms with Crippen LogP contribution in [0.3, 0.4) is 0 Å². The third-order valence-electron chi connectivity index (χ3n) is 3.16. The molecule has 1 unspecified atom stereocenters. The van der Waals surface area contributed by atoms with Gasteiger partial charge < -0.3 is 0 Å². The van der Waals surface area contributed by atoms with E-state index in [0.29, 0.717) is 0 Å². The van der Waals surface area contributed by atoms with Gasteiger partial charge in [-0.15, -0.1) is 0 Å². The highest BCUT2D eigenvalue weighted by Gasteiger charge is 2.29. The van der Waals surface area contributed by atoms with Crippen LogP contribution in [0, 0.1) is 5.41 Å². The molecule has 14 heavy (non-hydrogen) atoms. The van der Waals surface area contributed by atoms with Crippen LogP contribution in [0.25, 0.3) is 0 Å². The molecular formula is C13H33P. The summed E-state index contributed by atoms with van der Waals surface area (Å²) >= 11 is 0. The first-order chi connectivity index (χ1) is 6.33. The molecule has 0 amide bonds. The van der Waals surface area contributed by atoms with Crippen molar-refractivity contribution in [2.75, 3.05) is 0 Å². The molecule has 0 nitrogen and oxygen atoms in total.